The summed E-state index contributed by atoms with van der Waals surface area (Å²) in [5.41, 5.74) is 8.67. The topological polar surface area (TPSA) is 42.4 Å². The predicted octanol–water partition coefficient (Wildman–Crippen LogP) is 3.80. The molecular weight excluding hydrogens is 260 g/mol. The number of hydrogen-bond donors (Lipinski definition) is 1. The van der Waals surface area contributed by atoms with Crippen LogP contribution in [0.5, 0.6) is 0 Å². The van der Waals surface area contributed by atoms with E-state index in [2.05, 4.69) is 37.8 Å². The number of para-hydroxylation sites is 1. The molecule has 0 radical (unpaired) electrons. The van der Waals surface area contributed by atoms with Gasteiger partial charge < -0.3 is 10.2 Å². The zero-order chi connectivity index (χ0) is 15.0. The fraction of sp³-hybridized carbons (Fsp3) is 0.556. The second kappa shape index (κ2) is 5.47. The molecule has 1 fully saturated rings. The Balaban J connectivity index is 1.86. The van der Waals surface area contributed by atoms with E-state index in [4.69, 9.17) is 10.2 Å². The number of nitrogens with zero attached hydrogens (tertiary/aromatic N) is 1. The minimum atomic E-state index is 0.265. The first kappa shape index (κ1) is 14.6. The number of benzene rings is 1. The van der Waals surface area contributed by atoms with Crippen molar-refractivity contribution in [2.24, 2.45) is 17.1 Å². The summed E-state index contributed by atoms with van der Waals surface area (Å²) in [4.78, 5) is 2.53. The Hall–Kier alpha value is -1.32. The standard InChI is InChI=1S/C18H26N2O/c1-18(2,3)13-8-9-20(11-13)16(10-19)15-12-21-17-7-5-4-6-14(15)17/h4-7,12-13,16H,8-11,19H2,1-3H3. The molecule has 21 heavy (non-hydrogen) atoms. The van der Waals surface area contributed by atoms with Crippen molar-refractivity contribution in [3.8, 4) is 0 Å². The highest BCUT2D eigenvalue weighted by Crippen LogP contribution is 2.38. The van der Waals surface area contributed by atoms with E-state index in [0.717, 1.165) is 24.6 Å². The van der Waals surface area contributed by atoms with Gasteiger partial charge in [-0.25, -0.2) is 0 Å². The van der Waals surface area contributed by atoms with E-state index in [-0.39, 0.29) is 6.04 Å². The summed E-state index contributed by atoms with van der Waals surface area (Å²) >= 11 is 0. The van der Waals surface area contributed by atoms with Crippen LogP contribution in [0.15, 0.2) is 34.9 Å². The summed E-state index contributed by atoms with van der Waals surface area (Å²) in [6.45, 7) is 9.91. The van der Waals surface area contributed by atoms with Gasteiger partial charge in [0.1, 0.15) is 5.58 Å². The number of nitrogens with two attached hydrogens (primary N) is 1. The third-order valence-corrected chi connectivity index (χ3v) is 4.98. The molecule has 1 aromatic heterocycles. The van der Waals surface area contributed by atoms with Crippen LogP contribution in [0.2, 0.25) is 0 Å². The first-order valence-corrected chi connectivity index (χ1v) is 7.91. The second-order valence-electron chi connectivity index (χ2n) is 7.29. The van der Waals surface area contributed by atoms with E-state index in [1.54, 1.807) is 0 Å². The van der Waals surface area contributed by atoms with Gasteiger partial charge in [-0.15, -0.1) is 0 Å². The van der Waals surface area contributed by atoms with E-state index in [1.165, 1.54) is 17.4 Å². The van der Waals surface area contributed by atoms with E-state index in [1.807, 2.05) is 18.4 Å². The first-order valence-electron chi connectivity index (χ1n) is 7.91. The molecule has 3 rings (SSSR count). The quantitative estimate of drug-likeness (QED) is 0.933. The molecule has 114 valence electrons. The van der Waals surface area contributed by atoms with Crippen molar-refractivity contribution in [1.29, 1.82) is 0 Å². The van der Waals surface area contributed by atoms with Crippen molar-refractivity contribution < 1.29 is 4.42 Å². The van der Waals surface area contributed by atoms with Crippen molar-refractivity contribution in [3.63, 3.8) is 0 Å². The van der Waals surface area contributed by atoms with Gasteiger partial charge in [-0.1, -0.05) is 39.0 Å². The number of hydrogen-bond acceptors (Lipinski definition) is 3. The highest BCUT2D eigenvalue weighted by atomic mass is 16.3. The lowest BCUT2D eigenvalue weighted by Crippen LogP contribution is -2.33. The van der Waals surface area contributed by atoms with Gasteiger partial charge in [0.25, 0.3) is 0 Å². The number of fused-ring (bicyclic) bond motifs is 1. The highest BCUT2D eigenvalue weighted by molar-refractivity contribution is 5.81. The average molecular weight is 286 g/mol. The molecule has 3 heteroatoms. The summed E-state index contributed by atoms with van der Waals surface area (Å²) in [6, 6.07) is 8.50. The molecule has 2 unspecified atom stereocenters. The third-order valence-electron chi connectivity index (χ3n) is 4.98. The molecule has 2 atom stereocenters. The third kappa shape index (κ3) is 2.72. The van der Waals surface area contributed by atoms with Crippen LogP contribution in [0.4, 0.5) is 0 Å². The Labute approximate surface area is 127 Å². The lowest BCUT2D eigenvalue weighted by Gasteiger charge is -2.30. The van der Waals surface area contributed by atoms with Crippen LogP contribution in [-0.2, 0) is 0 Å². The molecule has 1 saturated heterocycles. The smallest absolute Gasteiger partial charge is 0.134 e. The maximum atomic E-state index is 6.11. The summed E-state index contributed by atoms with van der Waals surface area (Å²) in [5.74, 6) is 0.740. The van der Waals surface area contributed by atoms with Crippen LogP contribution in [0, 0.1) is 11.3 Å². The van der Waals surface area contributed by atoms with Crippen LogP contribution in [0.3, 0.4) is 0 Å². The average Bonchev–Trinajstić information content (AvgIpc) is 3.07. The molecule has 2 aromatic rings. The van der Waals surface area contributed by atoms with Gasteiger partial charge in [0.05, 0.1) is 12.3 Å². The molecule has 0 bridgehead atoms. The van der Waals surface area contributed by atoms with Crippen LogP contribution in [0.25, 0.3) is 11.0 Å². The lowest BCUT2D eigenvalue weighted by atomic mass is 9.80. The van der Waals surface area contributed by atoms with Gasteiger partial charge in [0, 0.05) is 24.0 Å². The Morgan fingerprint density at radius 1 is 1.33 bits per heavy atom. The van der Waals surface area contributed by atoms with E-state index < -0.39 is 0 Å². The number of rotatable bonds is 3. The highest BCUT2D eigenvalue weighted by Gasteiger charge is 2.35. The summed E-state index contributed by atoms with van der Waals surface area (Å²) in [5, 5.41) is 1.20. The molecule has 1 aromatic carbocycles. The normalized spacial score (nSPS) is 22.0. The van der Waals surface area contributed by atoms with Crippen molar-refractivity contribution >= 4 is 11.0 Å². The van der Waals surface area contributed by atoms with E-state index in [0.29, 0.717) is 12.0 Å². The van der Waals surface area contributed by atoms with Gasteiger partial charge >= 0.3 is 0 Å². The summed E-state index contributed by atoms with van der Waals surface area (Å²) < 4.78 is 5.70. The molecule has 2 N–H and O–H groups in total. The largest absolute Gasteiger partial charge is 0.464 e. The Bertz CT molecular complexity index is 611. The molecule has 0 aliphatic carbocycles. The van der Waals surface area contributed by atoms with Crippen LogP contribution < -0.4 is 5.73 Å². The van der Waals surface area contributed by atoms with Crippen molar-refractivity contribution in [3.05, 3.63) is 36.1 Å². The number of furan rings is 1. The summed E-state index contributed by atoms with van der Waals surface area (Å²) in [7, 11) is 0. The zero-order valence-corrected chi connectivity index (χ0v) is 13.3. The molecule has 1 aliphatic rings. The van der Waals surface area contributed by atoms with Gasteiger partial charge in [0.2, 0.25) is 0 Å². The van der Waals surface area contributed by atoms with E-state index in [9.17, 15) is 0 Å². The van der Waals surface area contributed by atoms with Crippen LogP contribution in [-0.4, -0.2) is 24.5 Å². The molecule has 1 aliphatic heterocycles. The van der Waals surface area contributed by atoms with Crippen molar-refractivity contribution in [2.45, 2.75) is 33.2 Å². The number of likely N-dealkylation sites (tertiary alicyclic amines) is 1. The summed E-state index contributed by atoms with van der Waals surface area (Å²) in [6.07, 6.45) is 3.16. The van der Waals surface area contributed by atoms with E-state index >= 15 is 0 Å². The second-order valence-corrected chi connectivity index (χ2v) is 7.29. The van der Waals surface area contributed by atoms with Gasteiger partial charge in [0.15, 0.2) is 0 Å². The van der Waals surface area contributed by atoms with Crippen molar-refractivity contribution in [1.82, 2.24) is 4.90 Å². The fourth-order valence-electron chi connectivity index (χ4n) is 3.51. The van der Waals surface area contributed by atoms with Gasteiger partial charge in [-0.3, -0.25) is 4.90 Å². The minimum Gasteiger partial charge on any atom is -0.464 e. The van der Waals surface area contributed by atoms with Crippen LogP contribution >= 0.6 is 0 Å². The molecule has 0 amide bonds. The zero-order valence-electron chi connectivity index (χ0n) is 13.3. The molecular formula is C18H26N2O. The fourth-order valence-corrected chi connectivity index (χ4v) is 3.51. The molecule has 3 nitrogen and oxygen atoms in total. The van der Waals surface area contributed by atoms with Gasteiger partial charge in [-0.05, 0) is 30.4 Å². The molecule has 2 heterocycles. The monoisotopic (exact) mass is 286 g/mol. The SMILES string of the molecule is CC(C)(C)C1CCN(C(CN)c2coc3ccccc23)C1. The molecule has 0 saturated carbocycles. The Kier molecular flexibility index (Phi) is 3.80. The maximum Gasteiger partial charge on any atom is 0.134 e. The minimum absolute atomic E-state index is 0.265. The van der Waals surface area contributed by atoms with Gasteiger partial charge in [-0.2, -0.15) is 0 Å². The molecule has 0 spiro atoms. The first-order chi connectivity index (χ1) is 10.0. The predicted molar refractivity (Wildman–Crippen MR) is 87.1 cm³/mol. The Morgan fingerprint density at radius 2 is 2.10 bits per heavy atom. The lowest BCUT2D eigenvalue weighted by molar-refractivity contribution is 0.198. The van der Waals surface area contributed by atoms with Crippen LogP contribution in [0.1, 0.15) is 38.8 Å². The maximum absolute atomic E-state index is 6.11. The Morgan fingerprint density at radius 3 is 2.76 bits per heavy atom. The van der Waals surface area contributed by atoms with Crippen molar-refractivity contribution in [2.75, 3.05) is 19.6 Å².